The standard InChI is InChI=1S/C11H21NS/c1-13-9-11(12)10-7-5-3-2-4-6-8-10/h7,11H,2-6,8-9,12H2,1H3. The van der Waals surface area contributed by atoms with E-state index in [0.29, 0.717) is 6.04 Å². The Hall–Kier alpha value is 0.0500. The molecule has 0 heterocycles. The fourth-order valence-electron chi connectivity index (χ4n) is 1.84. The lowest BCUT2D eigenvalue weighted by atomic mass is 9.96. The highest BCUT2D eigenvalue weighted by Crippen LogP contribution is 2.19. The number of nitrogens with two attached hydrogens (primary N) is 1. The van der Waals surface area contributed by atoms with Gasteiger partial charge in [0.05, 0.1) is 0 Å². The lowest BCUT2D eigenvalue weighted by Crippen LogP contribution is -2.25. The summed E-state index contributed by atoms with van der Waals surface area (Å²) in [7, 11) is 0. The molecule has 0 aromatic carbocycles. The third-order valence-electron chi connectivity index (χ3n) is 2.65. The average Bonchev–Trinajstić information content (AvgIpc) is 2.03. The molecule has 0 saturated carbocycles. The molecule has 76 valence electrons. The van der Waals surface area contributed by atoms with Gasteiger partial charge in [-0.1, -0.05) is 24.5 Å². The molecule has 0 radical (unpaired) electrons. The molecular formula is C11H21NS. The fraction of sp³-hybridized carbons (Fsp3) is 0.818. The molecule has 1 nitrogen and oxygen atoms in total. The van der Waals surface area contributed by atoms with Crippen molar-refractivity contribution in [2.75, 3.05) is 12.0 Å². The largest absolute Gasteiger partial charge is 0.324 e. The predicted molar refractivity (Wildman–Crippen MR) is 62.1 cm³/mol. The lowest BCUT2D eigenvalue weighted by molar-refractivity contribution is 0.606. The summed E-state index contributed by atoms with van der Waals surface area (Å²) in [4.78, 5) is 0. The molecule has 0 spiro atoms. The fourth-order valence-corrected chi connectivity index (χ4v) is 2.41. The van der Waals surface area contributed by atoms with Gasteiger partial charge in [-0.05, 0) is 31.9 Å². The molecule has 2 heteroatoms. The van der Waals surface area contributed by atoms with Gasteiger partial charge in [0.25, 0.3) is 0 Å². The monoisotopic (exact) mass is 199 g/mol. The van der Waals surface area contributed by atoms with Gasteiger partial charge in [0.15, 0.2) is 0 Å². The van der Waals surface area contributed by atoms with Crippen LogP contribution in [0.4, 0.5) is 0 Å². The first-order valence-corrected chi connectivity index (χ1v) is 6.67. The van der Waals surface area contributed by atoms with Crippen LogP contribution in [0, 0.1) is 0 Å². The summed E-state index contributed by atoms with van der Waals surface area (Å²) in [6, 6.07) is 0.313. The molecule has 0 fully saturated rings. The van der Waals surface area contributed by atoms with E-state index in [4.69, 9.17) is 5.73 Å². The van der Waals surface area contributed by atoms with Crippen LogP contribution in [0.3, 0.4) is 0 Å². The van der Waals surface area contributed by atoms with Gasteiger partial charge in [0, 0.05) is 11.8 Å². The van der Waals surface area contributed by atoms with E-state index in [0.717, 1.165) is 5.75 Å². The molecule has 0 bridgehead atoms. The lowest BCUT2D eigenvalue weighted by Gasteiger charge is -2.17. The van der Waals surface area contributed by atoms with Crippen LogP contribution in [0.15, 0.2) is 11.6 Å². The van der Waals surface area contributed by atoms with Crippen LogP contribution in [-0.2, 0) is 0 Å². The quantitative estimate of drug-likeness (QED) is 0.707. The Morgan fingerprint density at radius 2 is 2.15 bits per heavy atom. The van der Waals surface area contributed by atoms with Crippen molar-refractivity contribution in [2.24, 2.45) is 5.73 Å². The van der Waals surface area contributed by atoms with Crippen LogP contribution in [0.2, 0.25) is 0 Å². The van der Waals surface area contributed by atoms with E-state index in [9.17, 15) is 0 Å². The van der Waals surface area contributed by atoms with Crippen LogP contribution < -0.4 is 5.73 Å². The Labute approximate surface area is 86.2 Å². The van der Waals surface area contributed by atoms with Gasteiger partial charge in [-0.3, -0.25) is 0 Å². The van der Waals surface area contributed by atoms with E-state index in [1.165, 1.54) is 44.1 Å². The van der Waals surface area contributed by atoms with Gasteiger partial charge in [0.1, 0.15) is 0 Å². The summed E-state index contributed by atoms with van der Waals surface area (Å²) >= 11 is 1.85. The topological polar surface area (TPSA) is 26.0 Å². The number of allylic oxidation sites excluding steroid dienone is 1. The summed E-state index contributed by atoms with van der Waals surface area (Å²) in [6.07, 6.45) is 12.5. The molecule has 1 unspecified atom stereocenters. The zero-order valence-electron chi connectivity index (χ0n) is 8.59. The van der Waals surface area contributed by atoms with Crippen LogP contribution in [0.5, 0.6) is 0 Å². The highest BCUT2D eigenvalue weighted by atomic mass is 32.2. The Morgan fingerprint density at radius 1 is 1.38 bits per heavy atom. The van der Waals surface area contributed by atoms with E-state index in [1.54, 1.807) is 0 Å². The molecule has 2 N–H and O–H groups in total. The van der Waals surface area contributed by atoms with E-state index in [-0.39, 0.29) is 0 Å². The highest BCUT2D eigenvalue weighted by molar-refractivity contribution is 7.98. The average molecular weight is 199 g/mol. The van der Waals surface area contributed by atoms with Crippen molar-refractivity contribution < 1.29 is 0 Å². The first kappa shape index (κ1) is 11.1. The second-order valence-electron chi connectivity index (χ2n) is 3.79. The maximum absolute atomic E-state index is 6.09. The van der Waals surface area contributed by atoms with Crippen molar-refractivity contribution in [1.82, 2.24) is 0 Å². The van der Waals surface area contributed by atoms with E-state index in [2.05, 4.69) is 12.3 Å². The SMILES string of the molecule is CSCC(N)C1=CCCCCCC1. The molecule has 0 saturated heterocycles. The third kappa shape index (κ3) is 4.19. The molecule has 0 aliphatic heterocycles. The summed E-state index contributed by atoms with van der Waals surface area (Å²) in [5, 5.41) is 0. The van der Waals surface area contributed by atoms with E-state index in [1.807, 2.05) is 11.8 Å². The molecule has 1 aliphatic carbocycles. The molecule has 1 atom stereocenters. The molecular weight excluding hydrogens is 178 g/mol. The Morgan fingerprint density at radius 3 is 2.92 bits per heavy atom. The molecule has 0 aromatic rings. The summed E-state index contributed by atoms with van der Waals surface area (Å²) in [5.74, 6) is 1.08. The first-order valence-electron chi connectivity index (χ1n) is 5.28. The summed E-state index contributed by atoms with van der Waals surface area (Å²) in [5.41, 5.74) is 7.60. The Bertz CT molecular complexity index is 165. The van der Waals surface area contributed by atoms with Crippen molar-refractivity contribution in [2.45, 2.75) is 44.6 Å². The maximum Gasteiger partial charge on any atom is 0.0345 e. The highest BCUT2D eigenvalue weighted by Gasteiger charge is 2.09. The van der Waals surface area contributed by atoms with Gasteiger partial charge < -0.3 is 5.73 Å². The molecule has 1 rings (SSSR count). The number of rotatable bonds is 3. The first-order chi connectivity index (χ1) is 6.34. The van der Waals surface area contributed by atoms with Crippen LogP contribution in [0.1, 0.15) is 38.5 Å². The van der Waals surface area contributed by atoms with Gasteiger partial charge in [-0.25, -0.2) is 0 Å². The smallest absolute Gasteiger partial charge is 0.0345 e. The van der Waals surface area contributed by atoms with E-state index >= 15 is 0 Å². The van der Waals surface area contributed by atoms with Crippen molar-refractivity contribution in [3.8, 4) is 0 Å². The van der Waals surface area contributed by atoms with Gasteiger partial charge in [0.2, 0.25) is 0 Å². The number of hydrogen-bond donors (Lipinski definition) is 1. The van der Waals surface area contributed by atoms with E-state index < -0.39 is 0 Å². The minimum absolute atomic E-state index is 0.313. The van der Waals surface area contributed by atoms with Crippen molar-refractivity contribution in [3.05, 3.63) is 11.6 Å². The molecule has 0 aromatic heterocycles. The number of thioether (sulfide) groups is 1. The van der Waals surface area contributed by atoms with Crippen molar-refractivity contribution in [1.29, 1.82) is 0 Å². The summed E-state index contributed by atoms with van der Waals surface area (Å²) < 4.78 is 0. The Kier molecular flexibility index (Phi) is 5.56. The van der Waals surface area contributed by atoms with Crippen molar-refractivity contribution in [3.63, 3.8) is 0 Å². The van der Waals surface area contributed by atoms with Gasteiger partial charge in [-0.2, -0.15) is 11.8 Å². The van der Waals surface area contributed by atoms with Crippen LogP contribution >= 0.6 is 11.8 Å². The number of hydrogen-bond acceptors (Lipinski definition) is 2. The zero-order chi connectivity index (χ0) is 9.52. The summed E-state index contributed by atoms with van der Waals surface area (Å²) in [6.45, 7) is 0. The minimum Gasteiger partial charge on any atom is -0.324 e. The third-order valence-corrected chi connectivity index (χ3v) is 3.34. The van der Waals surface area contributed by atoms with Crippen LogP contribution in [-0.4, -0.2) is 18.1 Å². The molecule has 13 heavy (non-hydrogen) atoms. The minimum atomic E-state index is 0.313. The van der Waals surface area contributed by atoms with Gasteiger partial charge in [-0.15, -0.1) is 0 Å². The predicted octanol–water partition coefficient (Wildman–Crippen LogP) is 2.96. The second-order valence-corrected chi connectivity index (χ2v) is 4.70. The Balaban J connectivity index is 2.43. The van der Waals surface area contributed by atoms with Crippen molar-refractivity contribution >= 4 is 11.8 Å². The molecule has 0 amide bonds. The van der Waals surface area contributed by atoms with Crippen LogP contribution in [0.25, 0.3) is 0 Å². The molecule has 1 aliphatic rings. The zero-order valence-corrected chi connectivity index (χ0v) is 9.41. The second kappa shape index (κ2) is 6.50. The normalized spacial score (nSPS) is 21.5. The van der Waals surface area contributed by atoms with Gasteiger partial charge >= 0.3 is 0 Å². The maximum atomic E-state index is 6.09.